The van der Waals surface area contributed by atoms with Gasteiger partial charge in [0.25, 0.3) is 6.71 Å². The molecule has 0 saturated heterocycles. The van der Waals surface area contributed by atoms with Crippen molar-refractivity contribution in [1.82, 2.24) is 9.13 Å². The number of hydrogen-bond acceptors (Lipinski definition) is 3. The molecule has 20 rings (SSSR count). The van der Waals surface area contributed by atoms with Gasteiger partial charge in [-0.2, -0.15) is 0 Å². The molecule has 0 N–H and O–H groups in total. The van der Waals surface area contributed by atoms with E-state index in [-0.39, 0.29) is 45.1 Å². The average molecular weight is 1370 g/mol. The first-order valence-electron chi connectivity index (χ1n) is 42.3. The summed E-state index contributed by atoms with van der Waals surface area (Å²) < 4.78 is 128. The van der Waals surface area contributed by atoms with E-state index in [1.165, 1.54) is 0 Å². The average Bonchev–Trinajstić information content (AvgIpc) is 1.26. The maximum absolute atomic E-state index is 10.2. The minimum atomic E-state index is -0.731. The molecule has 0 bridgehead atoms. The van der Waals surface area contributed by atoms with Gasteiger partial charge in [0.05, 0.1) is 51.3 Å². The molecular weight excluding hydrogens is 1280 g/mol. The smallest absolute Gasteiger partial charge is 0.252 e. The first-order valence-corrected chi connectivity index (χ1v) is 35.8. The quantitative estimate of drug-likeness (QED) is 0.114. The summed E-state index contributed by atoms with van der Waals surface area (Å²) in [6.07, 6.45) is 0. The van der Waals surface area contributed by atoms with Crippen molar-refractivity contribution < 1.29 is 17.8 Å². The van der Waals surface area contributed by atoms with Crippen molar-refractivity contribution in [3.8, 4) is 67.0 Å². The molecule has 0 saturated carbocycles. The Balaban J connectivity index is 0.986. The fourth-order valence-electron chi connectivity index (χ4n) is 16.3. The highest BCUT2D eigenvalue weighted by Crippen LogP contribution is 2.54. The SMILES string of the molecule is [2H]c1c([2H])c([2H])c(-c2ccc3c(c2)N(c2cc(-c4ccccc4)cc(-c4ccccc4)c2)c2cc(-n4c5c([2H])c([2H])c([2H])c([2H])c5c5c([2H])c([2H])c([2H])c([2H])c54)cc4c2B3c2ccc(-n3c5ccccc5c5cc(N(c6ccccc6)c6ccccc6)ccc53)cc2N4c2c(-c3ccccc3)cc(C(C)(C)C)cc2-c2ccccc2)c([2H])c1[2H]. The van der Waals surface area contributed by atoms with Crippen molar-refractivity contribution in [3.05, 3.63) is 387 Å². The summed E-state index contributed by atoms with van der Waals surface area (Å²) in [5.74, 6) is 0. The summed E-state index contributed by atoms with van der Waals surface area (Å²) in [6, 6.07) is 97.7. The molecule has 0 spiro atoms. The van der Waals surface area contributed by atoms with Gasteiger partial charge in [0.15, 0.2) is 0 Å². The normalized spacial score (nSPS) is 14.1. The topological polar surface area (TPSA) is 19.6 Å². The number of benzene rings is 16. The molecule has 0 unspecified atom stereocenters. The molecule has 6 heteroatoms. The Morgan fingerprint density at radius 2 is 0.764 bits per heavy atom. The van der Waals surface area contributed by atoms with Crippen LogP contribution in [0.2, 0.25) is 0 Å². The van der Waals surface area contributed by atoms with Crippen LogP contribution in [0.5, 0.6) is 0 Å². The van der Waals surface area contributed by atoms with Crippen molar-refractivity contribution in [2.24, 2.45) is 0 Å². The van der Waals surface area contributed by atoms with Gasteiger partial charge in [-0.15, -0.1) is 0 Å². The Kier molecular flexibility index (Phi) is 11.9. The predicted molar refractivity (Wildman–Crippen MR) is 450 cm³/mol. The van der Waals surface area contributed by atoms with E-state index in [4.69, 9.17) is 4.11 Å². The van der Waals surface area contributed by atoms with Gasteiger partial charge in [0.2, 0.25) is 0 Å². The zero-order valence-electron chi connectivity index (χ0n) is 71.2. The lowest BCUT2D eigenvalue weighted by Crippen LogP contribution is -2.61. The lowest BCUT2D eigenvalue weighted by Gasteiger charge is -2.45. The van der Waals surface area contributed by atoms with Gasteiger partial charge in [0, 0.05) is 83.9 Å². The fourth-order valence-corrected chi connectivity index (χ4v) is 16.3. The second-order valence-electron chi connectivity index (χ2n) is 28.3. The van der Waals surface area contributed by atoms with Crippen molar-refractivity contribution in [2.45, 2.75) is 26.2 Å². The van der Waals surface area contributed by atoms with Crippen LogP contribution in [0.4, 0.5) is 51.2 Å². The summed E-state index contributed by atoms with van der Waals surface area (Å²) in [7, 11) is 0. The van der Waals surface area contributed by atoms with E-state index in [1.54, 1.807) is 4.57 Å². The van der Waals surface area contributed by atoms with Crippen LogP contribution in [0.3, 0.4) is 0 Å². The van der Waals surface area contributed by atoms with Crippen molar-refractivity contribution in [2.75, 3.05) is 14.7 Å². The third-order valence-corrected chi connectivity index (χ3v) is 21.1. The summed E-state index contributed by atoms with van der Waals surface area (Å²) >= 11 is 0. The van der Waals surface area contributed by atoms with Crippen LogP contribution in [0.1, 0.15) is 44.2 Å². The number of rotatable bonds is 12. The Bertz CT molecular complexity index is 7000. The largest absolute Gasteiger partial charge is 0.311 e. The summed E-state index contributed by atoms with van der Waals surface area (Å²) in [5.41, 5.74) is 20.0. The number of aromatic nitrogens is 2. The summed E-state index contributed by atoms with van der Waals surface area (Å²) in [4.78, 5) is 6.78. The van der Waals surface area contributed by atoms with Crippen molar-refractivity contribution in [1.29, 1.82) is 0 Å². The highest BCUT2D eigenvalue weighted by molar-refractivity contribution is 7.00. The summed E-state index contributed by atoms with van der Waals surface area (Å²) in [6.45, 7) is 5.92. The molecule has 0 radical (unpaired) electrons. The summed E-state index contributed by atoms with van der Waals surface area (Å²) in [5, 5.41) is 1.83. The van der Waals surface area contributed by atoms with Gasteiger partial charge < -0.3 is 23.8 Å². The molecule has 0 amide bonds. The van der Waals surface area contributed by atoms with E-state index in [0.29, 0.717) is 28.3 Å². The van der Waals surface area contributed by atoms with E-state index in [9.17, 15) is 13.7 Å². The Labute approximate surface area is 637 Å². The maximum Gasteiger partial charge on any atom is 0.252 e. The van der Waals surface area contributed by atoms with Crippen LogP contribution in [0, 0.1) is 0 Å². The van der Waals surface area contributed by atoms with Crippen LogP contribution in [0.15, 0.2) is 382 Å². The monoisotopic (exact) mass is 1370 g/mol. The van der Waals surface area contributed by atoms with E-state index >= 15 is 0 Å². The van der Waals surface area contributed by atoms with E-state index in [0.717, 1.165) is 122 Å². The molecule has 500 valence electrons. The second kappa shape index (κ2) is 25.2. The van der Waals surface area contributed by atoms with Crippen molar-refractivity contribution >= 4 is 118 Å². The minimum absolute atomic E-state index is 0.0119. The van der Waals surface area contributed by atoms with Crippen LogP contribution >= 0.6 is 0 Å². The molecule has 2 aromatic heterocycles. The lowest BCUT2D eigenvalue weighted by atomic mass is 9.33. The second-order valence-corrected chi connectivity index (χ2v) is 28.3. The van der Waals surface area contributed by atoms with Gasteiger partial charge >= 0.3 is 0 Å². The number of para-hydroxylation sites is 5. The predicted octanol–water partition coefficient (Wildman–Crippen LogP) is 25.1. The zero-order chi connectivity index (χ0) is 81.9. The van der Waals surface area contributed by atoms with Gasteiger partial charge in [-0.3, -0.25) is 0 Å². The third-order valence-electron chi connectivity index (χ3n) is 21.1. The molecule has 0 fully saturated rings. The van der Waals surface area contributed by atoms with Gasteiger partial charge in [-0.25, -0.2) is 0 Å². The van der Waals surface area contributed by atoms with Crippen molar-refractivity contribution in [3.63, 3.8) is 0 Å². The molecule has 18 aromatic rings. The standard InChI is InChI=1S/C100H72BN5/c1-100(2,3)75-61-85(70-37-17-7-18-38-70)99(86(62-75)71-39-19-8-20-40-71)106-95-64-79(103-92-50-30-27-47-84(92)87-63-78(53-56-93(87)103)102(76-41-21-9-22-42-76)77-43-23-10-24-44-77)52-55-89(95)101-88-54-51-72(67-31-11-4-12-32-67)60-94(88)105(80-58-73(68-33-13-5-14-34-68)57-74(59-80)69-35-15-6-16-36-69)96-65-81(66-97(106)98(96)101)104-90-48-28-25-45-82(90)83-46-26-29-49-91(83)104/h4-66H,1-3H3/i4D,11D,12D,25D,26D,28D,29D,31D,32D,45D,46D,48D,49D. The first-order chi connectivity index (χ1) is 57.6. The lowest BCUT2D eigenvalue weighted by molar-refractivity contribution is 0.591. The van der Waals surface area contributed by atoms with Crippen LogP contribution in [0.25, 0.3) is 111 Å². The molecule has 2 aliphatic heterocycles. The zero-order valence-corrected chi connectivity index (χ0v) is 58.2. The first kappa shape index (κ1) is 50.0. The molecule has 2 aliphatic rings. The molecule has 0 aliphatic carbocycles. The molecule has 106 heavy (non-hydrogen) atoms. The highest BCUT2D eigenvalue weighted by atomic mass is 15.2. The fraction of sp³-hybridized carbons (Fsp3) is 0.0400. The Hall–Kier alpha value is -13.4. The number of nitrogens with zero attached hydrogens (tertiary/aromatic N) is 5. The molecule has 4 heterocycles. The van der Waals surface area contributed by atoms with E-state index < -0.39 is 78.6 Å². The maximum atomic E-state index is 10.2. The van der Waals surface area contributed by atoms with Gasteiger partial charge in [0.1, 0.15) is 0 Å². The number of hydrogen-bond donors (Lipinski definition) is 0. The van der Waals surface area contributed by atoms with Gasteiger partial charge in [-0.1, -0.05) is 281 Å². The number of fused-ring (bicyclic) bond motifs is 10. The van der Waals surface area contributed by atoms with Crippen LogP contribution in [-0.2, 0) is 5.41 Å². The van der Waals surface area contributed by atoms with Crippen LogP contribution in [-0.4, -0.2) is 15.8 Å². The molecule has 16 aromatic carbocycles. The molecular formula is C100H72BN5. The molecule has 0 atom stereocenters. The Morgan fingerprint density at radius 1 is 0.292 bits per heavy atom. The third kappa shape index (κ3) is 10.4. The van der Waals surface area contributed by atoms with E-state index in [1.807, 2.05) is 140 Å². The number of anilines is 9. The highest BCUT2D eigenvalue weighted by Gasteiger charge is 2.46. The Morgan fingerprint density at radius 3 is 1.34 bits per heavy atom. The molecule has 5 nitrogen and oxygen atoms in total. The van der Waals surface area contributed by atoms with Gasteiger partial charge in [-0.05, 0) is 193 Å². The van der Waals surface area contributed by atoms with E-state index in [2.05, 4.69) is 204 Å². The minimum Gasteiger partial charge on any atom is -0.311 e. The van der Waals surface area contributed by atoms with Crippen LogP contribution < -0.4 is 31.1 Å².